The van der Waals surface area contributed by atoms with Crippen LogP contribution < -0.4 is 0 Å². The Morgan fingerprint density at radius 2 is 1.81 bits per heavy atom. The summed E-state index contributed by atoms with van der Waals surface area (Å²) >= 11 is 18.4. The molecular formula is C16H16Cl3NO. The Kier molecular flexibility index (Phi) is 3.77. The zero-order chi connectivity index (χ0) is 15.4. The van der Waals surface area contributed by atoms with Crippen LogP contribution in [0.5, 0.6) is 0 Å². The number of hydrogen-bond donors (Lipinski definition) is 1. The largest absolute Gasteiger partial charge is 0.388 e. The van der Waals surface area contributed by atoms with Crippen LogP contribution in [0.4, 0.5) is 0 Å². The molecule has 3 rings (SSSR count). The SMILES string of the molecule is CC1(C)Cc2c(ccn2-c2cc(Cl)c(Cl)cc2Cl)C(O)C1. The van der Waals surface area contributed by atoms with Gasteiger partial charge in [0.15, 0.2) is 0 Å². The highest BCUT2D eigenvalue weighted by molar-refractivity contribution is 6.43. The van der Waals surface area contributed by atoms with Gasteiger partial charge in [-0.25, -0.2) is 0 Å². The van der Waals surface area contributed by atoms with Crippen molar-refractivity contribution in [2.75, 3.05) is 0 Å². The minimum absolute atomic E-state index is 0.0468. The van der Waals surface area contributed by atoms with Crippen molar-refractivity contribution < 1.29 is 5.11 Å². The first-order valence-corrected chi connectivity index (χ1v) is 7.95. The molecule has 1 heterocycles. The van der Waals surface area contributed by atoms with E-state index in [1.807, 2.05) is 16.8 Å². The van der Waals surface area contributed by atoms with Crippen LogP contribution in [0.25, 0.3) is 5.69 Å². The van der Waals surface area contributed by atoms with Crippen molar-refractivity contribution in [2.24, 2.45) is 5.41 Å². The van der Waals surface area contributed by atoms with Crippen molar-refractivity contribution in [3.63, 3.8) is 0 Å². The summed E-state index contributed by atoms with van der Waals surface area (Å²) in [7, 11) is 0. The first-order chi connectivity index (χ1) is 9.78. The van der Waals surface area contributed by atoms with E-state index < -0.39 is 6.10 Å². The Morgan fingerprint density at radius 1 is 1.14 bits per heavy atom. The third-order valence-electron chi connectivity index (χ3n) is 4.03. The van der Waals surface area contributed by atoms with Gasteiger partial charge in [-0.2, -0.15) is 0 Å². The summed E-state index contributed by atoms with van der Waals surface area (Å²) in [5, 5.41) is 11.8. The molecule has 0 saturated carbocycles. The van der Waals surface area contributed by atoms with E-state index >= 15 is 0 Å². The molecule has 112 valence electrons. The predicted octanol–water partition coefficient (Wildman–Crippen LogP) is 5.44. The van der Waals surface area contributed by atoms with Gasteiger partial charge in [-0.1, -0.05) is 48.7 Å². The maximum absolute atomic E-state index is 10.3. The van der Waals surface area contributed by atoms with Crippen molar-refractivity contribution in [1.82, 2.24) is 4.57 Å². The standard InChI is InChI=1S/C16H16Cl3NO/c1-16(2)7-14-9(15(21)8-16)3-4-20(14)13-6-11(18)10(17)5-12(13)19/h3-6,15,21H,7-8H2,1-2H3. The number of rotatable bonds is 1. The molecule has 1 aliphatic rings. The summed E-state index contributed by atoms with van der Waals surface area (Å²) in [6.45, 7) is 4.32. The monoisotopic (exact) mass is 343 g/mol. The van der Waals surface area contributed by atoms with Crippen LogP contribution in [0.2, 0.25) is 15.1 Å². The molecule has 5 heteroatoms. The second-order valence-corrected chi connectivity index (χ2v) is 7.59. The molecule has 2 nitrogen and oxygen atoms in total. The fourth-order valence-corrected chi connectivity index (χ4v) is 3.68. The van der Waals surface area contributed by atoms with Crippen molar-refractivity contribution in [3.8, 4) is 5.69 Å². The molecule has 1 unspecified atom stereocenters. The number of aliphatic hydroxyl groups excluding tert-OH is 1. The Bertz CT molecular complexity index is 706. The predicted molar refractivity (Wildman–Crippen MR) is 87.9 cm³/mol. The van der Waals surface area contributed by atoms with Crippen molar-refractivity contribution in [2.45, 2.75) is 32.8 Å². The Balaban J connectivity index is 2.16. The number of fused-ring (bicyclic) bond motifs is 1. The summed E-state index contributed by atoms with van der Waals surface area (Å²) in [5.41, 5.74) is 2.89. The third kappa shape index (κ3) is 2.70. The van der Waals surface area contributed by atoms with E-state index in [9.17, 15) is 5.11 Å². The fourth-order valence-electron chi connectivity index (χ4n) is 3.05. The number of aromatic nitrogens is 1. The molecule has 0 saturated heterocycles. The van der Waals surface area contributed by atoms with E-state index in [-0.39, 0.29) is 5.41 Å². The minimum atomic E-state index is -0.438. The summed E-state index contributed by atoms with van der Waals surface area (Å²) < 4.78 is 2.00. The second kappa shape index (κ2) is 5.20. The highest BCUT2D eigenvalue weighted by Gasteiger charge is 2.33. The third-order valence-corrected chi connectivity index (χ3v) is 5.05. The molecule has 1 atom stereocenters. The number of nitrogens with zero attached hydrogens (tertiary/aromatic N) is 1. The van der Waals surface area contributed by atoms with E-state index in [1.54, 1.807) is 12.1 Å². The summed E-state index contributed by atoms with van der Waals surface area (Å²) in [6.07, 6.45) is 3.13. The van der Waals surface area contributed by atoms with Gasteiger partial charge in [0.05, 0.1) is 26.9 Å². The maximum Gasteiger partial charge on any atom is 0.0812 e. The lowest BCUT2D eigenvalue weighted by Gasteiger charge is -2.34. The highest BCUT2D eigenvalue weighted by atomic mass is 35.5. The molecule has 2 aromatic rings. The molecular weight excluding hydrogens is 329 g/mol. The van der Waals surface area contributed by atoms with Gasteiger partial charge in [-0.05, 0) is 36.5 Å². The fraction of sp³-hybridized carbons (Fsp3) is 0.375. The van der Waals surface area contributed by atoms with Crippen LogP contribution >= 0.6 is 34.8 Å². The Hall–Kier alpha value is -0.670. The van der Waals surface area contributed by atoms with Crippen LogP contribution in [-0.2, 0) is 6.42 Å². The summed E-state index contributed by atoms with van der Waals surface area (Å²) in [4.78, 5) is 0. The smallest absolute Gasteiger partial charge is 0.0812 e. The van der Waals surface area contributed by atoms with Crippen LogP contribution in [-0.4, -0.2) is 9.67 Å². The first kappa shape index (κ1) is 15.2. The quantitative estimate of drug-likeness (QED) is 0.684. The van der Waals surface area contributed by atoms with Crippen molar-refractivity contribution >= 4 is 34.8 Å². The topological polar surface area (TPSA) is 25.2 Å². The lowest BCUT2D eigenvalue weighted by atomic mass is 9.75. The van der Waals surface area contributed by atoms with E-state index in [0.717, 1.165) is 29.8 Å². The molecule has 1 aromatic carbocycles. The minimum Gasteiger partial charge on any atom is -0.388 e. The summed E-state index contributed by atoms with van der Waals surface area (Å²) in [5.74, 6) is 0. The van der Waals surface area contributed by atoms with E-state index in [4.69, 9.17) is 34.8 Å². The van der Waals surface area contributed by atoms with Gasteiger partial charge in [0.2, 0.25) is 0 Å². The molecule has 0 spiro atoms. The molecule has 0 amide bonds. The number of hydrogen-bond acceptors (Lipinski definition) is 1. The van der Waals surface area contributed by atoms with E-state index in [1.165, 1.54) is 0 Å². The number of aliphatic hydroxyl groups is 1. The van der Waals surface area contributed by atoms with E-state index in [2.05, 4.69) is 13.8 Å². The Morgan fingerprint density at radius 3 is 2.52 bits per heavy atom. The summed E-state index contributed by atoms with van der Waals surface area (Å²) in [6, 6.07) is 5.37. The van der Waals surface area contributed by atoms with Gasteiger partial charge in [0.25, 0.3) is 0 Å². The zero-order valence-corrected chi connectivity index (χ0v) is 14.1. The normalized spacial score (nSPS) is 20.4. The average molecular weight is 345 g/mol. The molecule has 0 radical (unpaired) electrons. The zero-order valence-electron chi connectivity index (χ0n) is 11.8. The number of halogens is 3. The maximum atomic E-state index is 10.3. The lowest BCUT2D eigenvalue weighted by Crippen LogP contribution is -2.26. The Labute approximate surface area is 139 Å². The molecule has 21 heavy (non-hydrogen) atoms. The number of benzene rings is 1. The van der Waals surface area contributed by atoms with Gasteiger partial charge >= 0.3 is 0 Å². The second-order valence-electron chi connectivity index (χ2n) is 6.37. The van der Waals surface area contributed by atoms with Gasteiger partial charge in [0, 0.05) is 17.5 Å². The lowest BCUT2D eigenvalue weighted by molar-refractivity contribution is 0.0987. The average Bonchev–Trinajstić information content (AvgIpc) is 2.76. The first-order valence-electron chi connectivity index (χ1n) is 6.81. The van der Waals surface area contributed by atoms with E-state index in [0.29, 0.717) is 15.1 Å². The van der Waals surface area contributed by atoms with Crippen LogP contribution in [0.15, 0.2) is 24.4 Å². The van der Waals surface area contributed by atoms with Gasteiger partial charge in [0.1, 0.15) is 0 Å². The molecule has 1 aromatic heterocycles. The highest BCUT2D eigenvalue weighted by Crippen LogP contribution is 2.43. The van der Waals surface area contributed by atoms with Crippen molar-refractivity contribution in [1.29, 1.82) is 0 Å². The molecule has 0 bridgehead atoms. The van der Waals surface area contributed by atoms with Crippen LogP contribution in [0.3, 0.4) is 0 Å². The van der Waals surface area contributed by atoms with Crippen LogP contribution in [0, 0.1) is 5.41 Å². The van der Waals surface area contributed by atoms with Crippen molar-refractivity contribution in [3.05, 3.63) is 50.7 Å². The molecule has 1 aliphatic carbocycles. The van der Waals surface area contributed by atoms with Gasteiger partial charge < -0.3 is 9.67 Å². The van der Waals surface area contributed by atoms with Gasteiger partial charge in [-0.15, -0.1) is 0 Å². The molecule has 0 aliphatic heterocycles. The molecule has 0 fully saturated rings. The molecule has 1 N–H and O–H groups in total. The van der Waals surface area contributed by atoms with Crippen LogP contribution in [0.1, 0.15) is 37.6 Å². The van der Waals surface area contributed by atoms with Gasteiger partial charge in [-0.3, -0.25) is 0 Å².